The lowest BCUT2D eigenvalue weighted by Crippen LogP contribution is -2.04. The Morgan fingerprint density at radius 3 is 2.65 bits per heavy atom. The molecule has 0 spiro atoms. The Morgan fingerprint density at radius 1 is 1.10 bits per heavy atom. The molecule has 0 radical (unpaired) electrons. The van der Waals surface area contributed by atoms with Crippen molar-refractivity contribution in [3.8, 4) is 0 Å². The molecular formula is C16H13BrN2S. The van der Waals surface area contributed by atoms with Gasteiger partial charge in [-0.2, -0.15) is 0 Å². The zero-order valence-electron chi connectivity index (χ0n) is 11.0. The van der Waals surface area contributed by atoms with Gasteiger partial charge in [0.1, 0.15) is 0 Å². The molecule has 1 aliphatic rings. The highest BCUT2D eigenvalue weighted by atomic mass is 79.9. The van der Waals surface area contributed by atoms with Crippen LogP contribution in [0.2, 0.25) is 0 Å². The second-order valence-corrected chi connectivity index (χ2v) is 6.20. The fraction of sp³-hybridized carbons (Fsp3) is 0.125. The number of fused-ring (bicyclic) bond motifs is 1. The molecule has 0 unspecified atom stereocenters. The minimum absolute atomic E-state index is 0.637. The molecule has 0 aromatic heterocycles. The van der Waals surface area contributed by atoms with Crippen LogP contribution in [0.3, 0.4) is 0 Å². The molecule has 0 aliphatic carbocycles. The maximum Gasteiger partial charge on any atom is 0.0951 e. The number of benzene rings is 2. The highest BCUT2D eigenvalue weighted by Crippen LogP contribution is 2.29. The van der Waals surface area contributed by atoms with E-state index in [2.05, 4.69) is 34.1 Å². The van der Waals surface area contributed by atoms with Crippen LogP contribution in [0.5, 0.6) is 0 Å². The van der Waals surface area contributed by atoms with Crippen molar-refractivity contribution in [2.45, 2.75) is 0 Å². The molecule has 20 heavy (non-hydrogen) atoms. The van der Waals surface area contributed by atoms with Crippen LogP contribution in [-0.2, 0) is 0 Å². The molecule has 3 rings (SSSR count). The first-order chi connectivity index (χ1) is 9.78. The van der Waals surface area contributed by atoms with Gasteiger partial charge in [-0.05, 0) is 24.5 Å². The van der Waals surface area contributed by atoms with Crippen LogP contribution >= 0.6 is 27.7 Å². The average Bonchev–Trinajstić information content (AvgIpc) is 2.67. The van der Waals surface area contributed by atoms with Crippen LogP contribution in [0.1, 0.15) is 11.1 Å². The van der Waals surface area contributed by atoms with Crippen molar-refractivity contribution >= 4 is 44.1 Å². The fourth-order valence-electron chi connectivity index (χ4n) is 2.15. The average molecular weight is 345 g/mol. The summed E-state index contributed by atoms with van der Waals surface area (Å²) in [7, 11) is 0. The van der Waals surface area contributed by atoms with Crippen molar-refractivity contribution in [2.75, 3.05) is 12.8 Å². The molecule has 2 nitrogen and oxygen atoms in total. The SMILES string of the molecule is CSC1=Nc2ccc(Br)cc2C(c2ccccc2)=NC1. The van der Waals surface area contributed by atoms with Gasteiger partial charge < -0.3 is 0 Å². The van der Waals surface area contributed by atoms with Gasteiger partial charge in [0.25, 0.3) is 0 Å². The predicted octanol–water partition coefficient (Wildman–Crippen LogP) is 4.69. The molecule has 1 aliphatic heterocycles. The molecule has 0 amide bonds. The summed E-state index contributed by atoms with van der Waals surface area (Å²) in [4.78, 5) is 9.49. The standard InChI is InChI=1S/C16H13BrN2S/c1-20-15-10-18-16(11-5-3-2-4-6-11)13-9-12(17)7-8-14(13)19-15/h2-9H,10H2,1H3. The number of rotatable bonds is 1. The quantitative estimate of drug-likeness (QED) is 0.736. The zero-order valence-corrected chi connectivity index (χ0v) is 13.4. The van der Waals surface area contributed by atoms with Crippen LogP contribution in [-0.4, -0.2) is 23.6 Å². The summed E-state index contributed by atoms with van der Waals surface area (Å²) in [6.45, 7) is 0.637. The third kappa shape index (κ3) is 2.72. The summed E-state index contributed by atoms with van der Waals surface area (Å²) >= 11 is 5.19. The van der Waals surface area contributed by atoms with E-state index in [0.29, 0.717) is 6.54 Å². The Bertz CT molecular complexity index is 693. The Balaban J connectivity index is 2.19. The number of hydrogen-bond donors (Lipinski definition) is 0. The molecule has 2 aromatic rings. The van der Waals surface area contributed by atoms with Gasteiger partial charge in [-0.25, -0.2) is 4.99 Å². The second kappa shape index (κ2) is 5.94. The van der Waals surface area contributed by atoms with E-state index in [9.17, 15) is 0 Å². The lowest BCUT2D eigenvalue weighted by atomic mass is 10.0. The van der Waals surface area contributed by atoms with E-state index < -0.39 is 0 Å². The molecule has 1 heterocycles. The lowest BCUT2D eigenvalue weighted by molar-refractivity contribution is 1.32. The van der Waals surface area contributed by atoms with E-state index in [0.717, 1.165) is 32.0 Å². The summed E-state index contributed by atoms with van der Waals surface area (Å²) < 4.78 is 1.04. The topological polar surface area (TPSA) is 24.7 Å². The minimum Gasteiger partial charge on any atom is -0.277 e. The molecule has 0 saturated heterocycles. The molecular weight excluding hydrogens is 332 g/mol. The van der Waals surface area contributed by atoms with Crippen molar-refractivity contribution < 1.29 is 0 Å². The van der Waals surface area contributed by atoms with Gasteiger partial charge in [0.15, 0.2) is 0 Å². The normalized spacial score (nSPS) is 14.1. The molecule has 0 atom stereocenters. The minimum atomic E-state index is 0.637. The van der Waals surface area contributed by atoms with E-state index in [-0.39, 0.29) is 0 Å². The van der Waals surface area contributed by atoms with Crippen LogP contribution in [0, 0.1) is 0 Å². The van der Waals surface area contributed by atoms with Crippen molar-refractivity contribution in [2.24, 2.45) is 9.98 Å². The number of halogens is 1. The second-order valence-electron chi connectivity index (χ2n) is 4.40. The fourth-order valence-corrected chi connectivity index (χ4v) is 2.89. The van der Waals surface area contributed by atoms with Gasteiger partial charge in [-0.1, -0.05) is 46.3 Å². The summed E-state index contributed by atoms with van der Waals surface area (Å²) in [6, 6.07) is 16.4. The Kier molecular flexibility index (Phi) is 4.03. The molecule has 0 fully saturated rings. The molecule has 0 N–H and O–H groups in total. The maximum atomic E-state index is 4.77. The van der Waals surface area contributed by atoms with Gasteiger partial charge in [0, 0.05) is 15.6 Å². The van der Waals surface area contributed by atoms with Crippen LogP contribution in [0.25, 0.3) is 0 Å². The first-order valence-corrected chi connectivity index (χ1v) is 8.31. The van der Waals surface area contributed by atoms with Gasteiger partial charge in [-0.15, -0.1) is 11.8 Å². The Hall–Kier alpha value is -1.39. The van der Waals surface area contributed by atoms with E-state index in [1.165, 1.54) is 0 Å². The summed E-state index contributed by atoms with van der Waals surface area (Å²) in [5.74, 6) is 0. The largest absolute Gasteiger partial charge is 0.277 e. The van der Waals surface area contributed by atoms with Crippen molar-refractivity contribution in [1.82, 2.24) is 0 Å². The van der Waals surface area contributed by atoms with Crippen molar-refractivity contribution in [3.05, 3.63) is 64.1 Å². The van der Waals surface area contributed by atoms with Crippen LogP contribution in [0.4, 0.5) is 5.69 Å². The van der Waals surface area contributed by atoms with E-state index in [1.807, 2.05) is 36.6 Å². The van der Waals surface area contributed by atoms with E-state index in [4.69, 9.17) is 9.98 Å². The van der Waals surface area contributed by atoms with Crippen LogP contribution in [0.15, 0.2) is 63.0 Å². The van der Waals surface area contributed by atoms with Crippen molar-refractivity contribution in [1.29, 1.82) is 0 Å². The van der Waals surface area contributed by atoms with E-state index in [1.54, 1.807) is 11.8 Å². The highest BCUT2D eigenvalue weighted by molar-refractivity contribution is 9.10. The first kappa shape index (κ1) is 13.6. The lowest BCUT2D eigenvalue weighted by Gasteiger charge is -2.08. The van der Waals surface area contributed by atoms with Crippen molar-refractivity contribution in [3.63, 3.8) is 0 Å². The Labute approximate surface area is 131 Å². The number of hydrogen-bond acceptors (Lipinski definition) is 3. The molecule has 2 aromatic carbocycles. The summed E-state index contributed by atoms with van der Waals surface area (Å²) in [5, 5.41) is 1.04. The smallest absolute Gasteiger partial charge is 0.0951 e. The molecule has 100 valence electrons. The van der Waals surface area contributed by atoms with Gasteiger partial charge >= 0.3 is 0 Å². The monoisotopic (exact) mass is 344 g/mol. The molecule has 4 heteroatoms. The van der Waals surface area contributed by atoms with E-state index >= 15 is 0 Å². The molecule has 0 bridgehead atoms. The summed E-state index contributed by atoms with van der Waals surface area (Å²) in [5.41, 5.74) is 4.20. The first-order valence-electron chi connectivity index (χ1n) is 6.29. The third-order valence-corrected chi connectivity index (χ3v) is 4.30. The summed E-state index contributed by atoms with van der Waals surface area (Å²) in [6.07, 6.45) is 2.04. The molecule has 0 saturated carbocycles. The van der Waals surface area contributed by atoms with Crippen LogP contribution < -0.4 is 0 Å². The zero-order chi connectivity index (χ0) is 13.9. The third-order valence-electron chi connectivity index (χ3n) is 3.11. The Morgan fingerprint density at radius 2 is 1.90 bits per heavy atom. The number of thioether (sulfide) groups is 1. The van der Waals surface area contributed by atoms with Gasteiger partial charge in [0.05, 0.1) is 23.0 Å². The number of nitrogens with zero attached hydrogens (tertiary/aromatic N) is 2. The van der Waals surface area contributed by atoms with Gasteiger partial charge in [-0.3, -0.25) is 4.99 Å². The number of aliphatic imine (C=N–C) groups is 2. The highest BCUT2D eigenvalue weighted by Gasteiger charge is 2.16. The van der Waals surface area contributed by atoms with Gasteiger partial charge in [0.2, 0.25) is 0 Å². The maximum absolute atomic E-state index is 4.77. The predicted molar refractivity (Wildman–Crippen MR) is 91.7 cm³/mol.